The topological polar surface area (TPSA) is 61.4 Å². The Labute approximate surface area is 78.3 Å². The molecule has 0 spiro atoms. The molecular formula is C9H16N2O2. The van der Waals surface area contributed by atoms with E-state index in [9.17, 15) is 9.90 Å². The van der Waals surface area contributed by atoms with Crippen molar-refractivity contribution in [1.82, 2.24) is 10.6 Å². The van der Waals surface area contributed by atoms with Gasteiger partial charge < -0.3 is 10.4 Å². The average molecular weight is 184 g/mol. The molecule has 0 aromatic heterocycles. The van der Waals surface area contributed by atoms with Gasteiger partial charge in [-0.2, -0.15) is 0 Å². The van der Waals surface area contributed by atoms with Gasteiger partial charge in [-0.05, 0) is 19.4 Å². The normalized spacial score (nSPS) is 11.9. The summed E-state index contributed by atoms with van der Waals surface area (Å²) in [6.07, 6.45) is -0.787. The van der Waals surface area contributed by atoms with Gasteiger partial charge in [0.1, 0.15) is 6.23 Å². The maximum absolute atomic E-state index is 10.9. The van der Waals surface area contributed by atoms with E-state index in [2.05, 4.69) is 23.8 Å². The summed E-state index contributed by atoms with van der Waals surface area (Å²) in [5, 5.41) is 14.4. The Morgan fingerprint density at radius 3 is 2.38 bits per heavy atom. The highest BCUT2D eigenvalue weighted by Crippen LogP contribution is 1.91. The van der Waals surface area contributed by atoms with E-state index in [4.69, 9.17) is 0 Å². The molecule has 0 aliphatic heterocycles. The van der Waals surface area contributed by atoms with E-state index in [0.717, 1.165) is 0 Å². The molecule has 0 heterocycles. The number of hydrogen-bond donors (Lipinski definition) is 3. The molecular weight excluding hydrogens is 168 g/mol. The predicted octanol–water partition coefficient (Wildman–Crippen LogP) is 0.120. The van der Waals surface area contributed by atoms with Gasteiger partial charge in [-0.15, -0.1) is 0 Å². The minimum atomic E-state index is -0.787. The van der Waals surface area contributed by atoms with Crippen molar-refractivity contribution in [3.63, 3.8) is 0 Å². The quantitative estimate of drug-likeness (QED) is 0.323. The molecule has 0 radical (unpaired) electrons. The summed E-state index contributed by atoms with van der Waals surface area (Å²) < 4.78 is 0. The van der Waals surface area contributed by atoms with Crippen LogP contribution in [0.25, 0.3) is 0 Å². The Hall–Kier alpha value is -1.13. The van der Waals surface area contributed by atoms with Gasteiger partial charge in [-0.1, -0.05) is 13.2 Å². The largest absolute Gasteiger partial charge is 0.375 e. The van der Waals surface area contributed by atoms with E-state index in [-0.39, 0.29) is 12.6 Å². The van der Waals surface area contributed by atoms with Gasteiger partial charge in [0.2, 0.25) is 5.91 Å². The third-order valence-corrected chi connectivity index (χ3v) is 1.40. The molecule has 4 heteroatoms. The van der Waals surface area contributed by atoms with Crippen LogP contribution in [0.3, 0.4) is 0 Å². The highest BCUT2D eigenvalue weighted by Gasteiger charge is 2.04. The van der Waals surface area contributed by atoms with E-state index in [1.807, 2.05) is 0 Å². The van der Waals surface area contributed by atoms with Crippen molar-refractivity contribution in [3.05, 3.63) is 24.3 Å². The van der Waals surface area contributed by atoms with Crippen LogP contribution in [0.4, 0.5) is 0 Å². The first-order valence-electron chi connectivity index (χ1n) is 3.95. The molecule has 4 nitrogen and oxygen atoms in total. The highest BCUT2D eigenvalue weighted by molar-refractivity contribution is 5.91. The second-order valence-corrected chi connectivity index (χ2v) is 2.92. The number of nitrogens with one attached hydrogen (secondary N) is 2. The minimum Gasteiger partial charge on any atom is -0.375 e. The number of carbonyl (C=O) groups is 1. The molecule has 0 aromatic carbocycles. The van der Waals surface area contributed by atoms with Crippen LogP contribution >= 0.6 is 0 Å². The Kier molecular flexibility index (Phi) is 5.03. The number of carbonyl (C=O) groups excluding carboxylic acids is 1. The molecule has 3 N–H and O–H groups in total. The standard InChI is InChI=1S/C9H16N2O2/c1-6(2)8(12)10-5-11-9(13)7(3)4/h8,10,12H,1,3,5H2,2,4H3,(H,11,13). The van der Waals surface area contributed by atoms with Gasteiger partial charge in [0.25, 0.3) is 0 Å². The van der Waals surface area contributed by atoms with E-state index < -0.39 is 6.23 Å². The Morgan fingerprint density at radius 1 is 1.46 bits per heavy atom. The first-order chi connectivity index (χ1) is 5.95. The molecule has 0 aromatic rings. The molecule has 0 saturated carbocycles. The molecule has 74 valence electrons. The number of aliphatic hydroxyl groups excluding tert-OH is 1. The SMILES string of the molecule is C=C(C)C(=O)NCNC(O)C(=C)C. The molecule has 0 bridgehead atoms. The van der Waals surface area contributed by atoms with Gasteiger partial charge in [0, 0.05) is 5.57 Å². The molecule has 1 unspecified atom stereocenters. The second kappa shape index (κ2) is 5.50. The van der Waals surface area contributed by atoms with Gasteiger partial charge in [0.15, 0.2) is 0 Å². The third-order valence-electron chi connectivity index (χ3n) is 1.40. The van der Waals surface area contributed by atoms with Crippen LogP contribution in [0.2, 0.25) is 0 Å². The van der Waals surface area contributed by atoms with Crippen molar-refractivity contribution in [3.8, 4) is 0 Å². The zero-order valence-corrected chi connectivity index (χ0v) is 8.05. The maximum atomic E-state index is 10.9. The fraction of sp³-hybridized carbons (Fsp3) is 0.444. The Morgan fingerprint density at radius 2 is 2.00 bits per heavy atom. The molecule has 0 saturated heterocycles. The van der Waals surface area contributed by atoms with E-state index >= 15 is 0 Å². The Bertz CT molecular complexity index is 224. The lowest BCUT2D eigenvalue weighted by Gasteiger charge is -2.12. The zero-order chi connectivity index (χ0) is 10.4. The van der Waals surface area contributed by atoms with Gasteiger partial charge in [-0.3, -0.25) is 10.1 Å². The summed E-state index contributed by atoms with van der Waals surface area (Å²) >= 11 is 0. The van der Waals surface area contributed by atoms with Crippen molar-refractivity contribution in [1.29, 1.82) is 0 Å². The minimum absolute atomic E-state index is 0.194. The Balaban J connectivity index is 3.62. The van der Waals surface area contributed by atoms with E-state index in [1.54, 1.807) is 13.8 Å². The zero-order valence-electron chi connectivity index (χ0n) is 8.05. The molecule has 0 aliphatic rings. The van der Waals surface area contributed by atoms with Crippen molar-refractivity contribution in [2.75, 3.05) is 6.67 Å². The lowest BCUT2D eigenvalue weighted by Crippen LogP contribution is -2.40. The monoisotopic (exact) mass is 184 g/mol. The molecule has 0 fully saturated rings. The second-order valence-electron chi connectivity index (χ2n) is 2.92. The smallest absolute Gasteiger partial charge is 0.247 e. The van der Waals surface area contributed by atoms with E-state index in [0.29, 0.717) is 11.1 Å². The van der Waals surface area contributed by atoms with Crippen molar-refractivity contribution >= 4 is 5.91 Å². The lowest BCUT2D eigenvalue weighted by atomic mass is 10.3. The maximum Gasteiger partial charge on any atom is 0.247 e. The lowest BCUT2D eigenvalue weighted by molar-refractivity contribution is -0.117. The van der Waals surface area contributed by atoms with Crippen LogP contribution in [0.1, 0.15) is 13.8 Å². The summed E-state index contributed by atoms with van der Waals surface area (Å²) in [6.45, 7) is 10.5. The summed E-state index contributed by atoms with van der Waals surface area (Å²) in [7, 11) is 0. The van der Waals surface area contributed by atoms with Crippen LogP contribution in [0.15, 0.2) is 24.3 Å². The predicted molar refractivity (Wildman–Crippen MR) is 51.8 cm³/mol. The van der Waals surface area contributed by atoms with Crippen molar-refractivity contribution in [2.24, 2.45) is 0 Å². The van der Waals surface area contributed by atoms with Crippen LogP contribution in [-0.4, -0.2) is 23.9 Å². The van der Waals surface area contributed by atoms with Crippen LogP contribution < -0.4 is 10.6 Å². The molecule has 13 heavy (non-hydrogen) atoms. The molecule has 0 aliphatic carbocycles. The molecule has 1 amide bonds. The number of aliphatic hydroxyl groups is 1. The van der Waals surface area contributed by atoms with Crippen LogP contribution in [0.5, 0.6) is 0 Å². The van der Waals surface area contributed by atoms with Crippen molar-refractivity contribution < 1.29 is 9.90 Å². The van der Waals surface area contributed by atoms with Gasteiger partial charge >= 0.3 is 0 Å². The molecule has 0 rings (SSSR count). The highest BCUT2D eigenvalue weighted by atomic mass is 16.3. The average Bonchev–Trinajstić information content (AvgIpc) is 2.03. The summed E-state index contributed by atoms with van der Waals surface area (Å²) in [5.41, 5.74) is 1.04. The summed E-state index contributed by atoms with van der Waals surface area (Å²) in [6, 6.07) is 0. The number of hydrogen-bond acceptors (Lipinski definition) is 3. The summed E-state index contributed by atoms with van der Waals surface area (Å²) in [4.78, 5) is 10.9. The molecule has 1 atom stereocenters. The number of amides is 1. The summed E-state index contributed by atoms with van der Waals surface area (Å²) in [5.74, 6) is -0.235. The van der Waals surface area contributed by atoms with Gasteiger partial charge in [-0.25, -0.2) is 0 Å². The fourth-order valence-electron chi connectivity index (χ4n) is 0.553. The third kappa shape index (κ3) is 5.16. The van der Waals surface area contributed by atoms with Gasteiger partial charge in [0.05, 0.1) is 6.67 Å². The van der Waals surface area contributed by atoms with Crippen LogP contribution in [-0.2, 0) is 4.79 Å². The first-order valence-corrected chi connectivity index (χ1v) is 3.95. The van der Waals surface area contributed by atoms with Crippen molar-refractivity contribution in [2.45, 2.75) is 20.1 Å². The fourth-order valence-corrected chi connectivity index (χ4v) is 0.553. The van der Waals surface area contributed by atoms with E-state index in [1.165, 1.54) is 0 Å². The number of rotatable bonds is 5. The first kappa shape index (κ1) is 11.9. The van der Waals surface area contributed by atoms with Crippen LogP contribution in [0, 0.1) is 0 Å².